The maximum atomic E-state index is 6.08. The summed E-state index contributed by atoms with van der Waals surface area (Å²) in [6.45, 7) is 1.72. The molecule has 1 unspecified atom stereocenters. The van der Waals surface area contributed by atoms with E-state index in [1.54, 1.807) is 12.3 Å². The molecule has 2 heterocycles. The number of halogens is 1. The lowest BCUT2D eigenvalue weighted by Crippen LogP contribution is -2.17. The number of nitrogens with zero attached hydrogens (tertiary/aromatic N) is 1. The Bertz CT molecular complexity index is 340. The quantitative estimate of drug-likeness (QED) is 0.849. The first-order valence-corrected chi connectivity index (χ1v) is 5.27. The van der Waals surface area contributed by atoms with Crippen molar-refractivity contribution in [1.82, 2.24) is 4.98 Å². The molecule has 2 rings (SSSR count). The van der Waals surface area contributed by atoms with Gasteiger partial charge in [-0.1, -0.05) is 11.6 Å². The highest BCUT2D eigenvalue weighted by molar-refractivity contribution is 6.32. The summed E-state index contributed by atoms with van der Waals surface area (Å²) in [5.41, 5.74) is 6.38. The van der Waals surface area contributed by atoms with Crippen molar-refractivity contribution in [2.45, 2.75) is 19.1 Å². The molecule has 4 nitrogen and oxygen atoms in total. The molecule has 1 aromatic heterocycles. The summed E-state index contributed by atoms with van der Waals surface area (Å²) in [5, 5.41) is 0.506. The fraction of sp³-hybridized carbons (Fsp3) is 0.500. The van der Waals surface area contributed by atoms with Gasteiger partial charge >= 0.3 is 0 Å². The predicted octanol–water partition coefficient (Wildman–Crippen LogP) is 1.36. The van der Waals surface area contributed by atoms with Crippen molar-refractivity contribution >= 4 is 11.6 Å². The minimum Gasteiger partial charge on any atom is -0.471 e. The Morgan fingerprint density at radius 3 is 3.20 bits per heavy atom. The third kappa shape index (κ3) is 2.40. The molecule has 0 saturated carbocycles. The molecular formula is C10H13ClN2O2. The molecule has 0 amide bonds. The van der Waals surface area contributed by atoms with Gasteiger partial charge in [0.25, 0.3) is 0 Å². The molecule has 1 saturated heterocycles. The van der Waals surface area contributed by atoms with E-state index >= 15 is 0 Å². The van der Waals surface area contributed by atoms with E-state index in [-0.39, 0.29) is 6.10 Å². The van der Waals surface area contributed by atoms with Crippen LogP contribution in [0.25, 0.3) is 0 Å². The Morgan fingerprint density at radius 2 is 2.53 bits per heavy atom. The van der Waals surface area contributed by atoms with Crippen LogP contribution in [0.4, 0.5) is 0 Å². The molecule has 15 heavy (non-hydrogen) atoms. The van der Waals surface area contributed by atoms with Crippen LogP contribution in [0.3, 0.4) is 0 Å². The number of aromatic nitrogens is 1. The standard InChI is InChI=1S/C10H13ClN2O2/c11-9-7(5-12)1-3-13-10(9)15-8-2-4-14-6-8/h1,3,8H,2,4-6,12H2. The number of pyridine rings is 1. The van der Waals surface area contributed by atoms with Gasteiger partial charge in [0.1, 0.15) is 11.1 Å². The minimum absolute atomic E-state index is 0.0584. The van der Waals surface area contributed by atoms with Crippen LogP contribution in [-0.4, -0.2) is 24.3 Å². The van der Waals surface area contributed by atoms with Crippen molar-refractivity contribution in [3.05, 3.63) is 22.8 Å². The number of hydrogen-bond donors (Lipinski definition) is 1. The fourth-order valence-corrected chi connectivity index (χ4v) is 1.70. The van der Waals surface area contributed by atoms with Gasteiger partial charge < -0.3 is 15.2 Å². The molecule has 1 atom stereocenters. The van der Waals surface area contributed by atoms with E-state index in [0.717, 1.165) is 18.6 Å². The minimum atomic E-state index is 0.0584. The van der Waals surface area contributed by atoms with Gasteiger partial charge in [0.2, 0.25) is 5.88 Å². The lowest BCUT2D eigenvalue weighted by molar-refractivity contribution is 0.138. The zero-order valence-corrected chi connectivity index (χ0v) is 9.04. The highest BCUT2D eigenvalue weighted by Gasteiger charge is 2.19. The van der Waals surface area contributed by atoms with Crippen molar-refractivity contribution < 1.29 is 9.47 Å². The molecule has 0 bridgehead atoms. The Labute approximate surface area is 93.3 Å². The van der Waals surface area contributed by atoms with E-state index in [2.05, 4.69) is 4.98 Å². The third-order valence-electron chi connectivity index (χ3n) is 2.32. The zero-order chi connectivity index (χ0) is 10.7. The average molecular weight is 229 g/mol. The van der Waals surface area contributed by atoms with E-state index in [9.17, 15) is 0 Å². The van der Waals surface area contributed by atoms with Gasteiger partial charge in [0, 0.05) is 19.2 Å². The molecule has 5 heteroatoms. The van der Waals surface area contributed by atoms with E-state index in [0.29, 0.717) is 24.1 Å². The van der Waals surface area contributed by atoms with Gasteiger partial charge in [-0.15, -0.1) is 0 Å². The summed E-state index contributed by atoms with van der Waals surface area (Å²) < 4.78 is 10.8. The summed E-state index contributed by atoms with van der Waals surface area (Å²) in [7, 11) is 0. The van der Waals surface area contributed by atoms with Crippen LogP contribution >= 0.6 is 11.6 Å². The number of rotatable bonds is 3. The van der Waals surface area contributed by atoms with Crippen LogP contribution in [0, 0.1) is 0 Å². The van der Waals surface area contributed by atoms with Crippen LogP contribution in [0.2, 0.25) is 5.02 Å². The molecule has 0 radical (unpaired) electrons. The number of nitrogens with two attached hydrogens (primary N) is 1. The molecule has 1 fully saturated rings. The highest BCUT2D eigenvalue weighted by Crippen LogP contribution is 2.27. The summed E-state index contributed by atoms with van der Waals surface area (Å²) in [6.07, 6.45) is 2.59. The monoisotopic (exact) mass is 228 g/mol. The SMILES string of the molecule is NCc1ccnc(OC2CCOC2)c1Cl. The molecular weight excluding hydrogens is 216 g/mol. The van der Waals surface area contributed by atoms with Gasteiger partial charge in [-0.05, 0) is 11.6 Å². The Morgan fingerprint density at radius 1 is 1.67 bits per heavy atom. The molecule has 0 spiro atoms. The first-order chi connectivity index (χ1) is 7.31. The second-order valence-electron chi connectivity index (χ2n) is 3.40. The van der Waals surface area contributed by atoms with Crippen molar-refractivity contribution in [2.75, 3.05) is 13.2 Å². The normalized spacial score (nSPS) is 20.5. The van der Waals surface area contributed by atoms with Gasteiger partial charge in [-0.25, -0.2) is 4.98 Å². The Hall–Kier alpha value is -0.840. The van der Waals surface area contributed by atoms with Gasteiger partial charge in [-0.3, -0.25) is 0 Å². The molecule has 1 aromatic rings. The van der Waals surface area contributed by atoms with E-state index in [4.69, 9.17) is 26.8 Å². The van der Waals surface area contributed by atoms with Crippen LogP contribution in [0.1, 0.15) is 12.0 Å². The Balaban J connectivity index is 2.13. The first-order valence-electron chi connectivity index (χ1n) is 4.89. The van der Waals surface area contributed by atoms with E-state index < -0.39 is 0 Å². The molecule has 0 aliphatic carbocycles. The van der Waals surface area contributed by atoms with Gasteiger partial charge in [-0.2, -0.15) is 0 Å². The van der Waals surface area contributed by atoms with Gasteiger partial charge in [0.15, 0.2) is 0 Å². The lowest BCUT2D eigenvalue weighted by Gasteiger charge is -2.13. The molecule has 1 aliphatic rings. The lowest BCUT2D eigenvalue weighted by atomic mass is 10.2. The largest absolute Gasteiger partial charge is 0.471 e. The van der Waals surface area contributed by atoms with Gasteiger partial charge in [0.05, 0.1) is 13.2 Å². The summed E-state index contributed by atoms with van der Waals surface area (Å²) in [6, 6.07) is 1.79. The topological polar surface area (TPSA) is 57.4 Å². The Kier molecular flexibility index (Phi) is 3.41. The van der Waals surface area contributed by atoms with E-state index in [1.165, 1.54) is 0 Å². The highest BCUT2D eigenvalue weighted by atomic mass is 35.5. The van der Waals surface area contributed by atoms with Crippen molar-refractivity contribution in [1.29, 1.82) is 0 Å². The molecule has 82 valence electrons. The van der Waals surface area contributed by atoms with Crippen LogP contribution in [0.5, 0.6) is 5.88 Å². The molecule has 1 aliphatic heterocycles. The number of hydrogen-bond acceptors (Lipinski definition) is 4. The maximum Gasteiger partial charge on any atom is 0.233 e. The molecule has 2 N–H and O–H groups in total. The second kappa shape index (κ2) is 4.79. The maximum absolute atomic E-state index is 6.08. The van der Waals surface area contributed by atoms with Crippen molar-refractivity contribution in [3.8, 4) is 5.88 Å². The van der Waals surface area contributed by atoms with Crippen LogP contribution in [-0.2, 0) is 11.3 Å². The van der Waals surface area contributed by atoms with Crippen molar-refractivity contribution in [2.24, 2.45) is 5.73 Å². The van der Waals surface area contributed by atoms with Crippen LogP contribution in [0.15, 0.2) is 12.3 Å². The fourth-order valence-electron chi connectivity index (χ4n) is 1.47. The second-order valence-corrected chi connectivity index (χ2v) is 3.77. The van der Waals surface area contributed by atoms with Crippen molar-refractivity contribution in [3.63, 3.8) is 0 Å². The van der Waals surface area contributed by atoms with E-state index in [1.807, 2.05) is 0 Å². The third-order valence-corrected chi connectivity index (χ3v) is 2.73. The average Bonchev–Trinajstić information content (AvgIpc) is 2.74. The number of ether oxygens (including phenoxy) is 2. The smallest absolute Gasteiger partial charge is 0.233 e. The summed E-state index contributed by atoms with van der Waals surface area (Å²) >= 11 is 6.08. The summed E-state index contributed by atoms with van der Waals surface area (Å²) in [5.74, 6) is 0.454. The summed E-state index contributed by atoms with van der Waals surface area (Å²) in [4.78, 5) is 4.09. The first kappa shape index (κ1) is 10.7. The predicted molar refractivity (Wildman–Crippen MR) is 57.0 cm³/mol. The van der Waals surface area contributed by atoms with Crippen LogP contribution < -0.4 is 10.5 Å². The molecule has 0 aromatic carbocycles. The zero-order valence-electron chi connectivity index (χ0n) is 8.28.